The summed E-state index contributed by atoms with van der Waals surface area (Å²) in [6.45, 7) is 3.95. The van der Waals surface area contributed by atoms with Gasteiger partial charge in [-0.2, -0.15) is 0 Å². The highest BCUT2D eigenvalue weighted by atomic mass is 32.1. The van der Waals surface area contributed by atoms with Crippen LogP contribution >= 0.6 is 11.3 Å². The van der Waals surface area contributed by atoms with E-state index in [-0.39, 0.29) is 18.0 Å². The van der Waals surface area contributed by atoms with E-state index in [2.05, 4.69) is 16.8 Å². The van der Waals surface area contributed by atoms with Crippen LogP contribution in [0.15, 0.2) is 29.8 Å². The van der Waals surface area contributed by atoms with Crippen LogP contribution in [0.25, 0.3) is 0 Å². The van der Waals surface area contributed by atoms with Gasteiger partial charge in [-0.3, -0.25) is 4.90 Å². The number of likely N-dealkylation sites (tertiary alicyclic amines) is 1. The van der Waals surface area contributed by atoms with Gasteiger partial charge in [-0.05, 0) is 44.4 Å². The number of aromatic nitrogens is 1. The van der Waals surface area contributed by atoms with E-state index in [1.165, 1.54) is 10.9 Å². The van der Waals surface area contributed by atoms with Crippen LogP contribution in [0.4, 0.5) is 4.39 Å². The molecular weight excluding hydrogens is 311 g/mol. The van der Waals surface area contributed by atoms with Gasteiger partial charge in [0.2, 0.25) is 0 Å². The van der Waals surface area contributed by atoms with Crippen molar-refractivity contribution in [3.05, 3.63) is 51.7 Å². The lowest BCUT2D eigenvalue weighted by atomic mass is 9.92. The summed E-state index contributed by atoms with van der Waals surface area (Å²) in [4.78, 5) is 8.07. The molecule has 1 aliphatic rings. The minimum absolute atomic E-state index is 0.123. The molecule has 1 aromatic carbocycles. The van der Waals surface area contributed by atoms with Crippen molar-refractivity contribution in [1.29, 1.82) is 0 Å². The fraction of sp³-hybridized carbons (Fsp3) is 0.500. The molecule has 0 N–H and O–H groups in total. The number of benzene rings is 1. The molecule has 2 atom stereocenters. The number of rotatable bonds is 5. The average molecular weight is 334 g/mol. The van der Waals surface area contributed by atoms with Gasteiger partial charge in [-0.1, -0.05) is 18.2 Å². The topological polar surface area (TPSA) is 25.4 Å². The molecule has 1 aromatic heterocycles. The monoisotopic (exact) mass is 334 g/mol. The van der Waals surface area contributed by atoms with Gasteiger partial charge in [-0.25, -0.2) is 9.37 Å². The van der Waals surface area contributed by atoms with E-state index in [9.17, 15) is 4.39 Å². The summed E-state index contributed by atoms with van der Waals surface area (Å²) < 4.78 is 19.8. The predicted molar refractivity (Wildman–Crippen MR) is 91.2 cm³/mol. The number of thiazole rings is 1. The fourth-order valence-electron chi connectivity index (χ4n) is 3.37. The lowest BCUT2D eigenvalue weighted by molar-refractivity contribution is -0.0217. The third-order valence-corrected chi connectivity index (χ3v) is 5.63. The van der Waals surface area contributed by atoms with Crippen LogP contribution in [0.5, 0.6) is 0 Å². The van der Waals surface area contributed by atoms with Crippen molar-refractivity contribution in [1.82, 2.24) is 9.88 Å². The maximum absolute atomic E-state index is 14.1. The van der Waals surface area contributed by atoms with Crippen LogP contribution in [0, 0.1) is 12.7 Å². The van der Waals surface area contributed by atoms with Gasteiger partial charge in [0.15, 0.2) is 0 Å². The summed E-state index contributed by atoms with van der Waals surface area (Å²) in [6, 6.07) is 7.27. The van der Waals surface area contributed by atoms with Gasteiger partial charge in [0.25, 0.3) is 0 Å². The number of piperidine rings is 1. The second-order valence-electron chi connectivity index (χ2n) is 6.11. The zero-order valence-electron chi connectivity index (χ0n) is 13.7. The standard InChI is InChI=1S/C18H23FN2OS/c1-13-18(23-12-20-13)11-21-9-5-8-17(22-2)16(21)10-14-6-3-4-7-15(14)19/h3-4,6-7,12,16-17H,5,8-11H2,1-2H3/t16-,17-/m0/s1. The number of methoxy groups -OCH3 is 1. The Bertz CT molecular complexity index is 645. The quantitative estimate of drug-likeness (QED) is 0.831. The first-order chi connectivity index (χ1) is 11.2. The maximum atomic E-state index is 14.1. The van der Waals surface area contributed by atoms with Crippen LogP contribution in [0.3, 0.4) is 0 Å². The first-order valence-electron chi connectivity index (χ1n) is 8.08. The summed E-state index contributed by atoms with van der Waals surface area (Å²) in [5, 5.41) is 0. The molecular formula is C18H23FN2OS. The Morgan fingerprint density at radius 3 is 2.91 bits per heavy atom. The lowest BCUT2D eigenvalue weighted by Gasteiger charge is -2.40. The van der Waals surface area contributed by atoms with Crippen molar-refractivity contribution in [2.24, 2.45) is 0 Å². The normalized spacial score (nSPS) is 22.4. The largest absolute Gasteiger partial charge is 0.380 e. The molecule has 0 saturated carbocycles. The molecule has 1 aliphatic heterocycles. The number of halogens is 1. The minimum Gasteiger partial charge on any atom is -0.380 e. The number of hydrogen-bond donors (Lipinski definition) is 0. The summed E-state index contributed by atoms with van der Waals surface area (Å²) >= 11 is 1.70. The van der Waals surface area contributed by atoms with E-state index in [0.717, 1.165) is 37.2 Å². The average Bonchev–Trinajstić information content (AvgIpc) is 2.96. The smallest absolute Gasteiger partial charge is 0.126 e. The van der Waals surface area contributed by atoms with Gasteiger partial charge >= 0.3 is 0 Å². The Labute approximate surface area is 141 Å². The highest BCUT2D eigenvalue weighted by molar-refractivity contribution is 7.09. The number of nitrogens with zero attached hydrogens (tertiary/aromatic N) is 2. The minimum atomic E-state index is -0.123. The zero-order chi connectivity index (χ0) is 16.2. The van der Waals surface area contributed by atoms with Gasteiger partial charge < -0.3 is 4.74 Å². The highest BCUT2D eigenvalue weighted by Crippen LogP contribution is 2.27. The van der Waals surface area contributed by atoms with Crippen molar-refractivity contribution in [2.75, 3.05) is 13.7 Å². The van der Waals surface area contributed by atoms with Crippen molar-refractivity contribution >= 4 is 11.3 Å². The van der Waals surface area contributed by atoms with E-state index < -0.39 is 0 Å². The molecule has 2 aromatic rings. The molecule has 124 valence electrons. The summed E-state index contributed by atoms with van der Waals surface area (Å²) in [5.41, 5.74) is 3.76. The first kappa shape index (κ1) is 16.6. The number of ether oxygens (including phenoxy) is 1. The van der Waals surface area contributed by atoms with Crippen molar-refractivity contribution in [2.45, 2.75) is 44.9 Å². The highest BCUT2D eigenvalue weighted by Gasteiger charge is 2.32. The molecule has 2 heterocycles. The predicted octanol–water partition coefficient (Wildman–Crippen LogP) is 3.81. The van der Waals surface area contributed by atoms with Gasteiger partial charge in [0.1, 0.15) is 5.82 Å². The number of aryl methyl sites for hydroxylation is 1. The number of hydrogen-bond acceptors (Lipinski definition) is 4. The van der Waals surface area contributed by atoms with Crippen molar-refractivity contribution in [3.63, 3.8) is 0 Å². The van der Waals surface area contributed by atoms with E-state index >= 15 is 0 Å². The maximum Gasteiger partial charge on any atom is 0.126 e. The molecule has 3 rings (SSSR count). The Morgan fingerprint density at radius 2 is 2.22 bits per heavy atom. The Kier molecular flexibility index (Phi) is 5.41. The summed E-state index contributed by atoms with van der Waals surface area (Å²) in [7, 11) is 1.76. The molecule has 1 saturated heterocycles. The molecule has 0 radical (unpaired) electrons. The van der Waals surface area contributed by atoms with E-state index in [4.69, 9.17) is 4.74 Å². The van der Waals surface area contributed by atoms with Gasteiger partial charge in [0, 0.05) is 24.6 Å². The van der Waals surface area contributed by atoms with Gasteiger partial charge in [-0.15, -0.1) is 11.3 Å². The third kappa shape index (κ3) is 3.79. The molecule has 0 bridgehead atoms. The van der Waals surface area contributed by atoms with Crippen LogP contribution in [-0.4, -0.2) is 35.7 Å². The molecule has 0 aliphatic carbocycles. The summed E-state index contributed by atoms with van der Waals surface area (Å²) in [6.07, 6.45) is 2.98. The van der Waals surface area contributed by atoms with E-state index in [1.807, 2.05) is 17.6 Å². The SMILES string of the molecule is CO[C@H]1CCCN(Cc2scnc2C)[C@H]1Cc1ccccc1F. The second-order valence-corrected chi connectivity index (χ2v) is 7.05. The second kappa shape index (κ2) is 7.51. The van der Waals surface area contributed by atoms with E-state index in [1.54, 1.807) is 24.5 Å². The Balaban J connectivity index is 1.81. The van der Waals surface area contributed by atoms with Crippen LogP contribution in [-0.2, 0) is 17.7 Å². The van der Waals surface area contributed by atoms with Crippen molar-refractivity contribution < 1.29 is 9.13 Å². The molecule has 5 heteroatoms. The van der Waals surface area contributed by atoms with Crippen LogP contribution in [0.1, 0.15) is 29.0 Å². The molecule has 0 amide bonds. The lowest BCUT2D eigenvalue weighted by Crippen LogP contribution is -2.49. The van der Waals surface area contributed by atoms with Gasteiger partial charge in [0.05, 0.1) is 17.3 Å². The van der Waals surface area contributed by atoms with Crippen LogP contribution in [0.2, 0.25) is 0 Å². The molecule has 0 unspecified atom stereocenters. The summed E-state index contributed by atoms with van der Waals surface area (Å²) in [5.74, 6) is -0.123. The Morgan fingerprint density at radius 1 is 1.39 bits per heavy atom. The first-order valence-corrected chi connectivity index (χ1v) is 8.96. The fourth-order valence-corrected chi connectivity index (χ4v) is 4.17. The molecule has 3 nitrogen and oxygen atoms in total. The van der Waals surface area contributed by atoms with Crippen molar-refractivity contribution in [3.8, 4) is 0 Å². The third-order valence-electron chi connectivity index (χ3n) is 4.71. The molecule has 1 fully saturated rings. The molecule has 23 heavy (non-hydrogen) atoms. The van der Waals surface area contributed by atoms with Crippen LogP contribution < -0.4 is 0 Å². The zero-order valence-corrected chi connectivity index (χ0v) is 14.5. The Hall–Kier alpha value is -1.30. The molecule has 0 spiro atoms. The van der Waals surface area contributed by atoms with E-state index in [0.29, 0.717) is 6.42 Å².